The fraction of sp³-hybridized carbons (Fsp3) is 0.261. The predicted molar refractivity (Wildman–Crippen MR) is 139 cm³/mol. The number of nitrogens with zero attached hydrogens (tertiary/aromatic N) is 1. The normalized spacial score (nSPS) is 23.3. The number of nitrogens with one attached hydrogen (secondary N) is 2. The number of rotatable bonds is 11. The number of aliphatic hydroxyl groups is 1. The van der Waals surface area contributed by atoms with Crippen LogP contribution < -0.4 is 16.6 Å². The quantitative estimate of drug-likeness (QED) is 0.195. The molecule has 0 bridgehead atoms. The molecule has 5 N–H and O–H groups in total. The summed E-state index contributed by atoms with van der Waals surface area (Å²) in [6, 6.07) is 17.3. The van der Waals surface area contributed by atoms with Crippen molar-refractivity contribution in [2.24, 2.45) is 0 Å². The minimum atomic E-state index is -5.28. The Hall–Kier alpha value is -3.43. The van der Waals surface area contributed by atoms with Crippen molar-refractivity contribution in [1.82, 2.24) is 9.55 Å². The Morgan fingerprint density at radius 1 is 0.976 bits per heavy atom. The Labute approximate surface area is 231 Å². The van der Waals surface area contributed by atoms with Gasteiger partial charge in [0.15, 0.2) is 12.3 Å². The average molecular weight is 613 g/mol. The zero-order valence-electron chi connectivity index (χ0n) is 20.9. The lowest BCUT2D eigenvalue weighted by Gasteiger charge is -2.22. The number of amides is 1. The second kappa shape index (κ2) is 13.0. The minimum absolute atomic E-state index is 0.352. The van der Waals surface area contributed by atoms with E-state index in [1.165, 1.54) is 0 Å². The van der Waals surface area contributed by atoms with Crippen LogP contribution in [0.15, 0.2) is 82.5 Å². The van der Waals surface area contributed by atoms with Crippen LogP contribution >= 0.6 is 15.6 Å². The van der Waals surface area contributed by atoms with Gasteiger partial charge in [0, 0.05) is 18.0 Å². The number of hydrogen-bond donors (Lipinski definition) is 5. The lowest BCUT2D eigenvalue weighted by molar-refractivity contribution is -0.0552. The summed E-state index contributed by atoms with van der Waals surface area (Å²) in [5.74, 6) is 0. The number of phosphoric ester groups is 2. The van der Waals surface area contributed by atoms with Gasteiger partial charge in [0.1, 0.15) is 12.2 Å². The van der Waals surface area contributed by atoms with Gasteiger partial charge in [-0.2, -0.15) is 4.31 Å². The van der Waals surface area contributed by atoms with Crippen LogP contribution in [0.2, 0.25) is 0 Å². The third-order valence-corrected chi connectivity index (χ3v) is 8.13. The molecule has 2 heterocycles. The number of hydrogen-bond acceptors (Lipinski definition) is 11. The summed E-state index contributed by atoms with van der Waals surface area (Å²) < 4.78 is 50.0. The molecule has 1 aliphatic heterocycles. The van der Waals surface area contributed by atoms with Crippen molar-refractivity contribution in [1.29, 1.82) is 0 Å². The molecule has 1 saturated heterocycles. The number of carbonyl (C=O) groups excluding carboxylic acids is 1. The largest absolute Gasteiger partial charge is 0.481 e. The molecule has 6 atom stereocenters. The molecule has 41 heavy (non-hydrogen) atoms. The van der Waals surface area contributed by atoms with Gasteiger partial charge in [-0.15, -0.1) is 0 Å². The molecule has 18 heteroatoms. The van der Waals surface area contributed by atoms with E-state index in [0.29, 0.717) is 11.3 Å². The standard InChI is InChI=1S/C23H25N3O13P2/c27-18-11-12-26(22(29)25-18)21-20(38-23(30)24-16-9-5-2-6-10-16)19(28)17(37-21)14-36-41(33,34)39-40(31,32)35-13-15-7-3-1-4-8-15/h1-12,17,19-21,28H,13-14H2,(H,24,30)(H,31,32)(H,33,34)(H,25,27,29)/t17-,19?,20+,21-/m1/s1. The monoisotopic (exact) mass is 613 g/mol. The summed E-state index contributed by atoms with van der Waals surface area (Å²) in [5, 5.41) is 13.3. The number of aromatic amines is 1. The second-order valence-electron chi connectivity index (χ2n) is 8.51. The van der Waals surface area contributed by atoms with E-state index in [-0.39, 0.29) is 0 Å². The fourth-order valence-electron chi connectivity index (χ4n) is 3.70. The number of ether oxygens (including phenoxy) is 2. The Morgan fingerprint density at radius 3 is 2.27 bits per heavy atom. The van der Waals surface area contributed by atoms with Crippen LogP contribution in [0.25, 0.3) is 0 Å². The van der Waals surface area contributed by atoms with Crippen LogP contribution in [0.4, 0.5) is 10.5 Å². The topological polar surface area (TPSA) is 225 Å². The highest BCUT2D eigenvalue weighted by molar-refractivity contribution is 7.61. The average Bonchev–Trinajstić information content (AvgIpc) is 3.21. The number of para-hydroxylation sites is 1. The molecule has 220 valence electrons. The second-order valence-corrected chi connectivity index (χ2v) is 11.6. The van der Waals surface area contributed by atoms with Gasteiger partial charge in [-0.25, -0.2) is 18.7 Å². The summed E-state index contributed by atoms with van der Waals surface area (Å²) in [6.45, 7) is -1.35. The summed E-state index contributed by atoms with van der Waals surface area (Å²) in [4.78, 5) is 58.2. The number of benzene rings is 2. The van der Waals surface area contributed by atoms with Gasteiger partial charge in [-0.1, -0.05) is 48.5 Å². The maximum atomic E-state index is 12.5. The van der Waals surface area contributed by atoms with Crippen LogP contribution in [-0.4, -0.2) is 55.5 Å². The maximum absolute atomic E-state index is 12.5. The zero-order valence-corrected chi connectivity index (χ0v) is 22.7. The molecule has 1 aliphatic rings. The lowest BCUT2D eigenvalue weighted by Crippen LogP contribution is -2.41. The number of carbonyl (C=O) groups is 1. The number of aliphatic hydroxyl groups excluding tert-OH is 1. The van der Waals surface area contributed by atoms with Crippen molar-refractivity contribution in [3.63, 3.8) is 0 Å². The van der Waals surface area contributed by atoms with Gasteiger partial charge in [0.05, 0.1) is 13.2 Å². The molecule has 1 amide bonds. The first-order valence-electron chi connectivity index (χ1n) is 11.8. The molecule has 0 aliphatic carbocycles. The van der Waals surface area contributed by atoms with E-state index < -0.39 is 70.7 Å². The number of anilines is 1. The van der Waals surface area contributed by atoms with Crippen molar-refractivity contribution in [2.75, 3.05) is 11.9 Å². The fourth-order valence-corrected chi connectivity index (χ4v) is 5.77. The molecule has 3 aromatic rings. The van der Waals surface area contributed by atoms with E-state index in [1.807, 2.05) is 4.98 Å². The summed E-state index contributed by atoms with van der Waals surface area (Å²) >= 11 is 0. The zero-order chi connectivity index (χ0) is 29.6. The van der Waals surface area contributed by atoms with E-state index in [0.717, 1.165) is 16.8 Å². The van der Waals surface area contributed by atoms with E-state index in [9.17, 15) is 38.4 Å². The van der Waals surface area contributed by atoms with Crippen LogP contribution in [0.1, 0.15) is 11.8 Å². The molecule has 3 unspecified atom stereocenters. The highest BCUT2D eigenvalue weighted by Crippen LogP contribution is 2.60. The van der Waals surface area contributed by atoms with Gasteiger partial charge < -0.3 is 24.4 Å². The Kier molecular flexibility index (Phi) is 9.71. The van der Waals surface area contributed by atoms with Gasteiger partial charge in [0.25, 0.3) is 5.56 Å². The van der Waals surface area contributed by atoms with Crippen molar-refractivity contribution >= 4 is 27.4 Å². The van der Waals surface area contributed by atoms with E-state index in [1.54, 1.807) is 60.7 Å². The van der Waals surface area contributed by atoms with Gasteiger partial charge in [-0.3, -0.25) is 28.7 Å². The summed E-state index contributed by atoms with van der Waals surface area (Å²) in [5.41, 5.74) is -0.871. The van der Waals surface area contributed by atoms with Gasteiger partial charge >= 0.3 is 27.4 Å². The third-order valence-electron chi connectivity index (χ3n) is 5.55. The molecule has 0 spiro atoms. The number of phosphoric acid groups is 2. The molecule has 1 fully saturated rings. The summed E-state index contributed by atoms with van der Waals surface area (Å²) in [6.07, 6.45) is -6.41. The number of H-pyrrole nitrogens is 1. The Balaban J connectivity index is 1.44. The molecule has 1 aromatic heterocycles. The Morgan fingerprint density at radius 2 is 1.61 bits per heavy atom. The van der Waals surface area contributed by atoms with E-state index in [4.69, 9.17) is 18.5 Å². The highest BCUT2D eigenvalue weighted by Gasteiger charge is 2.49. The van der Waals surface area contributed by atoms with Crippen LogP contribution in [0, 0.1) is 0 Å². The van der Waals surface area contributed by atoms with Crippen molar-refractivity contribution in [3.8, 4) is 0 Å². The predicted octanol–water partition coefficient (Wildman–Crippen LogP) is 1.86. The lowest BCUT2D eigenvalue weighted by atomic mass is 10.1. The van der Waals surface area contributed by atoms with E-state index in [2.05, 4.69) is 9.63 Å². The van der Waals surface area contributed by atoms with Crippen LogP contribution in [0.5, 0.6) is 0 Å². The van der Waals surface area contributed by atoms with Gasteiger partial charge in [-0.05, 0) is 17.7 Å². The molecule has 0 radical (unpaired) electrons. The first kappa shape index (κ1) is 30.5. The molecule has 16 nitrogen and oxygen atoms in total. The highest BCUT2D eigenvalue weighted by atomic mass is 31.3. The van der Waals surface area contributed by atoms with E-state index >= 15 is 0 Å². The Bertz CT molecular complexity index is 1550. The van der Waals surface area contributed by atoms with Crippen molar-refractivity contribution < 1.29 is 51.6 Å². The molecule has 0 saturated carbocycles. The first-order chi connectivity index (χ1) is 19.4. The first-order valence-corrected chi connectivity index (χ1v) is 14.8. The maximum Gasteiger partial charge on any atom is 0.481 e. The van der Waals surface area contributed by atoms with Crippen LogP contribution in [-0.2, 0) is 38.6 Å². The third kappa shape index (κ3) is 8.53. The number of aromatic nitrogens is 2. The van der Waals surface area contributed by atoms with Crippen molar-refractivity contribution in [3.05, 3.63) is 99.3 Å². The van der Waals surface area contributed by atoms with Crippen molar-refractivity contribution in [2.45, 2.75) is 31.1 Å². The minimum Gasteiger partial charge on any atom is -0.438 e. The molecule has 4 rings (SSSR count). The summed E-state index contributed by atoms with van der Waals surface area (Å²) in [7, 11) is -10.4. The molecular formula is C23H25N3O13P2. The van der Waals surface area contributed by atoms with Crippen LogP contribution in [0.3, 0.4) is 0 Å². The molecular weight excluding hydrogens is 588 g/mol. The smallest absolute Gasteiger partial charge is 0.438 e. The van der Waals surface area contributed by atoms with Gasteiger partial charge in [0.2, 0.25) is 0 Å². The molecule has 2 aromatic carbocycles. The SMILES string of the molecule is O=C(Nc1ccccc1)O[C@H]1C(O)[C@@H](COP(=O)(O)OP(=O)(O)OCc2ccccc2)O[C@H]1n1ccc(=O)[nH]c1=O.